The van der Waals surface area contributed by atoms with Gasteiger partial charge >= 0.3 is 0 Å². The predicted octanol–water partition coefficient (Wildman–Crippen LogP) is 5.13. The third-order valence-electron chi connectivity index (χ3n) is 5.12. The Morgan fingerprint density at radius 3 is 1.24 bits per heavy atom. The molecule has 0 spiro atoms. The molecule has 3 heteroatoms. The van der Waals surface area contributed by atoms with Crippen LogP contribution in [0, 0.1) is 0 Å². The van der Waals surface area contributed by atoms with Crippen molar-refractivity contribution in [2.75, 3.05) is 12.3 Å². The molecule has 0 aliphatic heterocycles. The highest BCUT2D eigenvalue weighted by Crippen LogP contribution is 2.47. The maximum Gasteiger partial charge on any atom is 0.143 e. The molecule has 0 aliphatic rings. The number of benzene rings is 4. The smallest absolute Gasteiger partial charge is 0.143 e. The van der Waals surface area contributed by atoms with Crippen LogP contribution in [0.4, 0.5) is 0 Å². The van der Waals surface area contributed by atoms with Crippen molar-refractivity contribution in [3.05, 3.63) is 121 Å². The van der Waals surface area contributed by atoms with Crippen LogP contribution in [-0.4, -0.2) is 12.3 Å². The molecule has 1 nitrogen and oxygen atoms in total. The molecule has 4 rings (SSSR count). The van der Waals surface area contributed by atoms with Gasteiger partial charge in [-0.1, -0.05) is 121 Å². The summed E-state index contributed by atoms with van der Waals surface area (Å²) in [6.45, 7) is 0. The molecule has 0 N–H and O–H groups in total. The third kappa shape index (κ3) is 4.59. The molecule has 0 amide bonds. The van der Waals surface area contributed by atoms with Gasteiger partial charge in [0.2, 0.25) is 0 Å². The van der Waals surface area contributed by atoms with E-state index in [2.05, 4.69) is 60.7 Å². The molecule has 0 unspecified atom stereocenters. The molecule has 0 bridgehead atoms. The fraction of sp³-hybridized carbons (Fsp3) is 0.0769. The molecule has 4 aromatic carbocycles. The lowest BCUT2D eigenvalue weighted by molar-refractivity contribution is 0.588. The zero-order valence-corrected chi connectivity index (χ0v) is 18.1. The van der Waals surface area contributed by atoms with Gasteiger partial charge in [-0.05, 0) is 24.7 Å². The molecule has 0 aliphatic carbocycles. The molecule has 0 heterocycles. The van der Waals surface area contributed by atoms with E-state index in [1.807, 2.05) is 60.7 Å². The Kier molecular flexibility index (Phi) is 6.40. The summed E-state index contributed by atoms with van der Waals surface area (Å²) >= 11 is 0. The molecule has 0 atom stereocenters. The summed E-state index contributed by atoms with van der Waals surface area (Å²) in [6, 6.07) is 41.3. The van der Waals surface area contributed by atoms with Crippen molar-refractivity contribution < 1.29 is 4.57 Å². The zero-order chi connectivity index (χ0) is 19.9. The summed E-state index contributed by atoms with van der Waals surface area (Å²) in [5, 5.41) is 4.56. The Labute approximate surface area is 174 Å². The van der Waals surface area contributed by atoms with E-state index in [1.54, 1.807) is 0 Å². The second-order valence-electron chi connectivity index (χ2n) is 6.96. The van der Waals surface area contributed by atoms with Crippen LogP contribution in [0.1, 0.15) is 0 Å². The van der Waals surface area contributed by atoms with E-state index in [9.17, 15) is 4.57 Å². The maximum atomic E-state index is 14.4. The summed E-state index contributed by atoms with van der Waals surface area (Å²) in [7, 11) is -3.27. The summed E-state index contributed by atoms with van der Waals surface area (Å²) < 4.78 is 14.4. The van der Waals surface area contributed by atoms with Crippen molar-refractivity contribution in [2.45, 2.75) is 0 Å². The molecule has 0 fully saturated rings. The molecular weight excluding hydrogens is 390 g/mol. The van der Waals surface area contributed by atoms with Gasteiger partial charge in [0.05, 0.1) is 0 Å². The van der Waals surface area contributed by atoms with Gasteiger partial charge in [-0.15, -0.1) is 0 Å². The average Bonchev–Trinajstić information content (AvgIpc) is 2.81. The van der Waals surface area contributed by atoms with Crippen LogP contribution in [0.25, 0.3) is 0 Å². The lowest BCUT2D eigenvalue weighted by Gasteiger charge is -2.24. The van der Waals surface area contributed by atoms with Crippen LogP contribution in [0.2, 0.25) is 0 Å². The average molecular weight is 414 g/mol. The second-order valence-corrected chi connectivity index (χ2v) is 12.3. The van der Waals surface area contributed by atoms with Crippen LogP contribution in [0.15, 0.2) is 121 Å². The van der Waals surface area contributed by atoms with E-state index in [4.69, 9.17) is 0 Å². The SMILES string of the molecule is O=P(CCP(c1ccccc1)c1ccccc1)(c1ccccc1)c1ccccc1. The van der Waals surface area contributed by atoms with Gasteiger partial charge in [0, 0.05) is 16.8 Å². The first kappa shape index (κ1) is 19.8. The van der Waals surface area contributed by atoms with E-state index >= 15 is 0 Å². The minimum atomic E-state index is -2.70. The molecule has 0 saturated carbocycles. The molecular formula is C26H24OP2. The first-order valence-corrected chi connectivity index (χ1v) is 13.3. The Bertz CT molecular complexity index is 982. The Morgan fingerprint density at radius 2 is 0.862 bits per heavy atom. The summed E-state index contributed by atoms with van der Waals surface area (Å²) in [6.07, 6.45) is 1.56. The van der Waals surface area contributed by atoms with Gasteiger partial charge in [-0.3, -0.25) is 0 Å². The van der Waals surface area contributed by atoms with Gasteiger partial charge in [-0.25, -0.2) is 0 Å². The van der Waals surface area contributed by atoms with Gasteiger partial charge in [-0.2, -0.15) is 0 Å². The highest BCUT2D eigenvalue weighted by molar-refractivity contribution is 7.80. The van der Waals surface area contributed by atoms with Crippen LogP contribution in [0.5, 0.6) is 0 Å². The minimum absolute atomic E-state index is 0.568. The highest BCUT2D eigenvalue weighted by Gasteiger charge is 2.28. The van der Waals surface area contributed by atoms with Crippen LogP contribution < -0.4 is 21.2 Å². The fourth-order valence-electron chi connectivity index (χ4n) is 3.61. The van der Waals surface area contributed by atoms with E-state index in [1.165, 1.54) is 10.6 Å². The summed E-state index contributed by atoms with van der Waals surface area (Å²) in [5.74, 6) is 0. The van der Waals surface area contributed by atoms with Gasteiger partial charge in [0.15, 0.2) is 0 Å². The van der Waals surface area contributed by atoms with E-state index in [0.717, 1.165) is 16.8 Å². The molecule has 144 valence electrons. The van der Waals surface area contributed by atoms with E-state index in [-0.39, 0.29) is 0 Å². The van der Waals surface area contributed by atoms with Gasteiger partial charge in [0.1, 0.15) is 7.14 Å². The molecule has 0 saturated heterocycles. The quantitative estimate of drug-likeness (QED) is 0.383. The Morgan fingerprint density at radius 1 is 0.517 bits per heavy atom. The van der Waals surface area contributed by atoms with Gasteiger partial charge < -0.3 is 4.57 Å². The molecule has 0 radical (unpaired) electrons. The standard InChI is InChI=1S/C26H24OP2/c27-29(25-17-9-3-10-18-25,26-19-11-4-12-20-26)22-21-28(23-13-5-1-6-14-23)24-15-7-2-8-16-24/h1-20H,21-22H2. The molecule has 29 heavy (non-hydrogen) atoms. The number of hydrogen-bond donors (Lipinski definition) is 0. The summed E-state index contributed by atoms with van der Waals surface area (Å²) in [5.41, 5.74) is 0. The summed E-state index contributed by atoms with van der Waals surface area (Å²) in [4.78, 5) is 0. The fourth-order valence-corrected chi connectivity index (χ4v) is 9.54. The van der Waals surface area contributed by atoms with Crippen LogP contribution >= 0.6 is 15.1 Å². The monoisotopic (exact) mass is 414 g/mol. The highest BCUT2D eigenvalue weighted by atomic mass is 31.2. The molecule has 0 aromatic heterocycles. The molecule has 4 aromatic rings. The van der Waals surface area contributed by atoms with Crippen molar-refractivity contribution in [3.8, 4) is 0 Å². The predicted molar refractivity (Wildman–Crippen MR) is 129 cm³/mol. The number of rotatable bonds is 7. The largest absolute Gasteiger partial charge is 0.314 e. The lowest BCUT2D eigenvalue weighted by Crippen LogP contribution is -2.22. The van der Waals surface area contributed by atoms with Crippen LogP contribution in [-0.2, 0) is 4.57 Å². The topological polar surface area (TPSA) is 17.1 Å². The van der Waals surface area contributed by atoms with Crippen molar-refractivity contribution in [3.63, 3.8) is 0 Å². The lowest BCUT2D eigenvalue weighted by atomic mass is 10.4. The van der Waals surface area contributed by atoms with Gasteiger partial charge in [0.25, 0.3) is 0 Å². The van der Waals surface area contributed by atoms with E-state index < -0.39 is 15.1 Å². The third-order valence-corrected chi connectivity index (χ3v) is 11.1. The maximum absolute atomic E-state index is 14.4. The van der Waals surface area contributed by atoms with Crippen molar-refractivity contribution in [1.82, 2.24) is 0 Å². The van der Waals surface area contributed by atoms with E-state index in [0.29, 0.717) is 6.16 Å². The Balaban J connectivity index is 1.71. The van der Waals surface area contributed by atoms with Crippen molar-refractivity contribution >= 4 is 36.3 Å². The van der Waals surface area contributed by atoms with Crippen LogP contribution in [0.3, 0.4) is 0 Å². The van der Waals surface area contributed by atoms with Crippen molar-refractivity contribution in [2.24, 2.45) is 0 Å². The second kappa shape index (κ2) is 9.36. The first-order valence-electron chi connectivity index (χ1n) is 9.85. The van der Waals surface area contributed by atoms with Crippen molar-refractivity contribution in [1.29, 1.82) is 0 Å². The first-order chi connectivity index (χ1) is 14.3. The minimum Gasteiger partial charge on any atom is -0.314 e. The Hall–Kier alpha value is -2.46. The normalized spacial score (nSPS) is 11.5. The number of hydrogen-bond acceptors (Lipinski definition) is 1. The zero-order valence-electron chi connectivity index (χ0n) is 16.3.